The summed E-state index contributed by atoms with van der Waals surface area (Å²) in [5.41, 5.74) is 8.61. The molecule has 3 N–H and O–H groups in total. The van der Waals surface area contributed by atoms with Crippen molar-refractivity contribution in [3.05, 3.63) is 23.8 Å². The van der Waals surface area contributed by atoms with E-state index >= 15 is 0 Å². The molecule has 1 atom stereocenters. The largest absolute Gasteiger partial charge is 0.397 e. The third kappa shape index (κ3) is 2.00. The third-order valence-corrected chi connectivity index (χ3v) is 3.41. The molecule has 16 heavy (non-hydrogen) atoms. The Hall–Kier alpha value is -1.22. The van der Waals surface area contributed by atoms with Crippen LogP contribution in [0.15, 0.2) is 18.2 Å². The van der Waals surface area contributed by atoms with E-state index in [9.17, 15) is 5.11 Å². The second-order valence-corrected chi connectivity index (χ2v) is 4.88. The van der Waals surface area contributed by atoms with Gasteiger partial charge in [0.25, 0.3) is 0 Å². The molecule has 0 radical (unpaired) electrons. The number of β-amino-alcohol motifs (C(OH)–C–C–N with tert-alkyl or cyclic N) is 1. The van der Waals surface area contributed by atoms with E-state index in [4.69, 9.17) is 5.73 Å². The van der Waals surface area contributed by atoms with Gasteiger partial charge >= 0.3 is 0 Å². The quantitative estimate of drug-likeness (QED) is 0.764. The molecule has 1 aliphatic heterocycles. The molecule has 1 aromatic carbocycles. The van der Waals surface area contributed by atoms with Crippen LogP contribution in [0.3, 0.4) is 0 Å². The summed E-state index contributed by atoms with van der Waals surface area (Å²) in [4.78, 5) is 2.20. The standard InChI is InChI=1S/C13H20N2O/c1-3-13(2,16)9-15-8-7-10-5-4-6-11(14)12(10)15/h4-6,16H,3,7-9,14H2,1-2H3. The van der Waals surface area contributed by atoms with E-state index in [-0.39, 0.29) is 0 Å². The Bertz CT molecular complexity index is 388. The number of aliphatic hydroxyl groups is 1. The Labute approximate surface area is 96.9 Å². The Morgan fingerprint density at radius 2 is 2.25 bits per heavy atom. The zero-order chi connectivity index (χ0) is 11.8. The zero-order valence-electron chi connectivity index (χ0n) is 10.0. The molecule has 2 rings (SSSR count). The van der Waals surface area contributed by atoms with Gasteiger partial charge in [-0.15, -0.1) is 0 Å². The molecule has 0 saturated carbocycles. The van der Waals surface area contributed by atoms with Gasteiger partial charge in [-0.25, -0.2) is 0 Å². The molecule has 0 spiro atoms. The average Bonchev–Trinajstić information content (AvgIpc) is 2.62. The molecule has 1 heterocycles. The summed E-state index contributed by atoms with van der Waals surface area (Å²) in [5.74, 6) is 0. The van der Waals surface area contributed by atoms with Crippen molar-refractivity contribution >= 4 is 11.4 Å². The van der Waals surface area contributed by atoms with E-state index < -0.39 is 5.60 Å². The lowest BCUT2D eigenvalue weighted by atomic mass is 10.0. The number of hydrogen-bond donors (Lipinski definition) is 2. The van der Waals surface area contributed by atoms with E-state index in [1.807, 2.05) is 26.0 Å². The Morgan fingerprint density at radius 3 is 2.94 bits per heavy atom. The molecule has 0 aliphatic carbocycles. The van der Waals surface area contributed by atoms with Gasteiger partial charge < -0.3 is 15.7 Å². The molecule has 0 amide bonds. The molecule has 0 aromatic heterocycles. The van der Waals surface area contributed by atoms with Crippen LogP contribution >= 0.6 is 0 Å². The number of anilines is 2. The molecule has 1 aromatic rings. The number of para-hydroxylation sites is 1. The highest BCUT2D eigenvalue weighted by atomic mass is 16.3. The Balaban J connectivity index is 2.24. The summed E-state index contributed by atoms with van der Waals surface area (Å²) in [6, 6.07) is 6.04. The number of nitrogens with zero attached hydrogens (tertiary/aromatic N) is 1. The van der Waals surface area contributed by atoms with Crippen molar-refractivity contribution < 1.29 is 5.11 Å². The lowest BCUT2D eigenvalue weighted by molar-refractivity contribution is 0.0634. The topological polar surface area (TPSA) is 49.5 Å². The minimum Gasteiger partial charge on any atom is -0.397 e. The van der Waals surface area contributed by atoms with Crippen molar-refractivity contribution in [2.75, 3.05) is 23.7 Å². The van der Waals surface area contributed by atoms with Crippen LogP contribution in [0.4, 0.5) is 11.4 Å². The third-order valence-electron chi connectivity index (χ3n) is 3.41. The first kappa shape index (κ1) is 11.3. The summed E-state index contributed by atoms with van der Waals surface area (Å²) in [6.45, 7) is 5.50. The van der Waals surface area contributed by atoms with Crippen molar-refractivity contribution in [3.8, 4) is 0 Å². The van der Waals surface area contributed by atoms with Gasteiger partial charge in [0.1, 0.15) is 0 Å². The number of hydrogen-bond acceptors (Lipinski definition) is 3. The van der Waals surface area contributed by atoms with E-state index in [1.54, 1.807) is 0 Å². The van der Waals surface area contributed by atoms with Gasteiger partial charge in [-0.1, -0.05) is 19.1 Å². The highest BCUT2D eigenvalue weighted by Crippen LogP contribution is 2.34. The monoisotopic (exact) mass is 220 g/mol. The first-order chi connectivity index (χ1) is 7.53. The maximum atomic E-state index is 10.1. The van der Waals surface area contributed by atoms with E-state index in [0.29, 0.717) is 6.54 Å². The predicted molar refractivity (Wildman–Crippen MR) is 67.7 cm³/mol. The van der Waals surface area contributed by atoms with E-state index in [2.05, 4.69) is 11.0 Å². The van der Waals surface area contributed by atoms with Gasteiger partial charge in [0, 0.05) is 13.1 Å². The number of rotatable bonds is 3. The number of nitrogen functional groups attached to an aromatic ring is 1. The predicted octanol–water partition coefficient (Wildman–Crippen LogP) is 1.79. The van der Waals surface area contributed by atoms with Gasteiger partial charge in [0.05, 0.1) is 17.0 Å². The van der Waals surface area contributed by atoms with E-state index in [1.165, 1.54) is 5.56 Å². The summed E-state index contributed by atoms with van der Waals surface area (Å²) in [5, 5.41) is 10.1. The molecular formula is C13H20N2O. The van der Waals surface area contributed by atoms with Crippen molar-refractivity contribution in [1.82, 2.24) is 0 Å². The van der Waals surface area contributed by atoms with Crippen molar-refractivity contribution in [3.63, 3.8) is 0 Å². The van der Waals surface area contributed by atoms with Crippen LogP contribution in [-0.2, 0) is 6.42 Å². The van der Waals surface area contributed by atoms with Crippen LogP contribution < -0.4 is 10.6 Å². The number of fused-ring (bicyclic) bond motifs is 1. The molecule has 1 aliphatic rings. The SMILES string of the molecule is CCC(C)(O)CN1CCc2cccc(N)c21. The molecular weight excluding hydrogens is 200 g/mol. The summed E-state index contributed by atoms with van der Waals surface area (Å²) in [6.07, 6.45) is 1.78. The van der Waals surface area contributed by atoms with E-state index in [0.717, 1.165) is 30.8 Å². The van der Waals surface area contributed by atoms with Crippen LogP contribution in [0.2, 0.25) is 0 Å². The molecule has 1 unspecified atom stereocenters. The maximum Gasteiger partial charge on any atom is 0.0791 e. The molecule has 0 bridgehead atoms. The second kappa shape index (κ2) is 3.98. The molecule has 3 heteroatoms. The van der Waals surface area contributed by atoms with Gasteiger partial charge in [-0.3, -0.25) is 0 Å². The maximum absolute atomic E-state index is 10.1. The summed E-state index contributed by atoms with van der Waals surface area (Å²) < 4.78 is 0. The van der Waals surface area contributed by atoms with Crippen molar-refractivity contribution in [2.24, 2.45) is 0 Å². The second-order valence-electron chi connectivity index (χ2n) is 4.88. The highest BCUT2D eigenvalue weighted by Gasteiger charge is 2.27. The minimum atomic E-state index is -0.635. The van der Waals surface area contributed by atoms with Crippen molar-refractivity contribution in [1.29, 1.82) is 0 Å². The van der Waals surface area contributed by atoms with Crippen LogP contribution in [-0.4, -0.2) is 23.8 Å². The average molecular weight is 220 g/mol. The summed E-state index contributed by atoms with van der Waals surface area (Å²) in [7, 11) is 0. The van der Waals surface area contributed by atoms with Crippen LogP contribution in [0.1, 0.15) is 25.8 Å². The Kier molecular flexibility index (Phi) is 2.80. The number of nitrogens with two attached hydrogens (primary N) is 1. The zero-order valence-corrected chi connectivity index (χ0v) is 10.0. The smallest absolute Gasteiger partial charge is 0.0791 e. The first-order valence-corrected chi connectivity index (χ1v) is 5.88. The van der Waals surface area contributed by atoms with Crippen LogP contribution in [0.25, 0.3) is 0 Å². The van der Waals surface area contributed by atoms with Crippen LogP contribution in [0, 0.1) is 0 Å². The number of benzene rings is 1. The highest BCUT2D eigenvalue weighted by molar-refractivity contribution is 5.74. The van der Waals surface area contributed by atoms with Gasteiger partial charge in [-0.05, 0) is 31.4 Å². The van der Waals surface area contributed by atoms with Crippen molar-refractivity contribution in [2.45, 2.75) is 32.3 Å². The first-order valence-electron chi connectivity index (χ1n) is 5.88. The van der Waals surface area contributed by atoms with Crippen LogP contribution in [0.5, 0.6) is 0 Å². The fourth-order valence-electron chi connectivity index (χ4n) is 2.25. The molecule has 0 saturated heterocycles. The minimum absolute atomic E-state index is 0.635. The fraction of sp³-hybridized carbons (Fsp3) is 0.538. The Morgan fingerprint density at radius 1 is 1.50 bits per heavy atom. The summed E-state index contributed by atoms with van der Waals surface area (Å²) >= 11 is 0. The van der Waals surface area contributed by atoms with Gasteiger partial charge in [-0.2, -0.15) is 0 Å². The molecule has 88 valence electrons. The normalized spacial score (nSPS) is 18.3. The molecule has 3 nitrogen and oxygen atoms in total. The lowest BCUT2D eigenvalue weighted by Crippen LogP contribution is -2.39. The molecule has 0 fully saturated rings. The van der Waals surface area contributed by atoms with Gasteiger partial charge in [0.15, 0.2) is 0 Å². The lowest BCUT2D eigenvalue weighted by Gasteiger charge is -2.30. The fourth-order valence-corrected chi connectivity index (χ4v) is 2.25. The van der Waals surface area contributed by atoms with Gasteiger partial charge in [0.2, 0.25) is 0 Å².